The molecule has 0 fully saturated rings. The van der Waals surface area contributed by atoms with Crippen LogP contribution in [-0.2, 0) is 32.6 Å². The lowest BCUT2D eigenvalue weighted by Crippen LogP contribution is -2.31. The Labute approximate surface area is 224 Å². The van der Waals surface area contributed by atoms with Crippen LogP contribution in [0, 0.1) is 6.92 Å². The first-order valence-corrected chi connectivity index (χ1v) is 13.5. The quantitative estimate of drug-likeness (QED) is 0.258. The number of aromatic amines is 1. The van der Waals surface area contributed by atoms with Crippen LogP contribution in [0.25, 0.3) is 11.0 Å². The van der Waals surface area contributed by atoms with E-state index in [0.29, 0.717) is 0 Å². The molecule has 0 amide bonds. The van der Waals surface area contributed by atoms with Gasteiger partial charge in [0.2, 0.25) is 0 Å². The maximum Gasteiger partial charge on any atom is 0.121 e. The van der Waals surface area contributed by atoms with E-state index in [1.807, 2.05) is 24.5 Å². The molecule has 5 aromatic rings. The molecule has 0 saturated carbocycles. The van der Waals surface area contributed by atoms with E-state index in [2.05, 4.69) is 87.8 Å². The lowest BCUT2D eigenvalue weighted by Gasteiger charge is -2.34. The molecule has 6 nitrogen and oxygen atoms in total. The second-order valence-electron chi connectivity index (χ2n) is 10.2. The Morgan fingerprint density at radius 2 is 1.68 bits per heavy atom. The lowest BCUT2D eigenvalue weighted by atomic mass is 9.90. The molecule has 2 N–H and O–H groups in total. The molecule has 3 aromatic heterocycles. The maximum absolute atomic E-state index is 4.89. The van der Waals surface area contributed by atoms with E-state index in [-0.39, 0.29) is 6.04 Å². The van der Waals surface area contributed by atoms with Gasteiger partial charge in [0.1, 0.15) is 5.82 Å². The number of nitrogens with zero attached hydrogens (tertiary/aromatic N) is 4. The molecule has 192 valence electrons. The summed E-state index contributed by atoms with van der Waals surface area (Å²) in [6.45, 7) is 5.31. The minimum absolute atomic E-state index is 0.275. The number of H-pyrrole nitrogens is 1. The number of rotatable bonds is 9. The Balaban J connectivity index is 1.19. The summed E-state index contributed by atoms with van der Waals surface area (Å²) in [7, 11) is 0. The van der Waals surface area contributed by atoms with Crippen molar-refractivity contribution in [1.82, 2.24) is 30.2 Å². The van der Waals surface area contributed by atoms with Crippen molar-refractivity contribution in [2.45, 2.75) is 58.4 Å². The Hall–Kier alpha value is -3.87. The van der Waals surface area contributed by atoms with Crippen LogP contribution in [0.2, 0.25) is 0 Å². The van der Waals surface area contributed by atoms with Crippen LogP contribution in [0.1, 0.15) is 58.3 Å². The van der Waals surface area contributed by atoms with E-state index in [9.17, 15) is 0 Å². The van der Waals surface area contributed by atoms with Crippen LogP contribution in [-0.4, -0.2) is 24.8 Å². The van der Waals surface area contributed by atoms with E-state index in [1.54, 1.807) is 0 Å². The molecule has 0 aliphatic heterocycles. The second kappa shape index (κ2) is 11.3. The number of hydrogen-bond acceptors (Lipinski definition) is 5. The largest absolute Gasteiger partial charge is 0.341 e. The van der Waals surface area contributed by atoms with Gasteiger partial charge in [-0.25, -0.2) is 4.98 Å². The van der Waals surface area contributed by atoms with E-state index in [4.69, 9.17) is 9.97 Å². The fraction of sp³-hybridized carbons (Fsp3) is 0.281. The number of para-hydroxylation sites is 2. The monoisotopic (exact) mass is 502 g/mol. The van der Waals surface area contributed by atoms with Gasteiger partial charge >= 0.3 is 0 Å². The first kappa shape index (κ1) is 24.5. The molecular formula is C32H34N6. The predicted molar refractivity (Wildman–Crippen MR) is 151 cm³/mol. The van der Waals surface area contributed by atoms with Crippen molar-refractivity contribution in [2.24, 2.45) is 0 Å². The zero-order valence-corrected chi connectivity index (χ0v) is 21.9. The SMILES string of the molecule is Cc1ncccc1CNCc1ccc(CN(Cc2nc3ccccc3[nH]2)C2CCCc3cccnc32)cc1. The number of fused-ring (bicyclic) bond motifs is 2. The molecule has 0 spiro atoms. The van der Waals surface area contributed by atoms with Crippen LogP contribution in [0.5, 0.6) is 0 Å². The molecule has 6 rings (SSSR count). The molecular weight excluding hydrogens is 468 g/mol. The van der Waals surface area contributed by atoms with E-state index < -0.39 is 0 Å². The van der Waals surface area contributed by atoms with Gasteiger partial charge in [-0.3, -0.25) is 14.9 Å². The Bertz CT molecular complexity index is 1470. The molecule has 1 unspecified atom stereocenters. The fourth-order valence-electron chi connectivity index (χ4n) is 5.53. The predicted octanol–water partition coefficient (Wildman–Crippen LogP) is 6.03. The van der Waals surface area contributed by atoms with Gasteiger partial charge in [-0.2, -0.15) is 0 Å². The highest BCUT2D eigenvalue weighted by Gasteiger charge is 2.28. The maximum atomic E-state index is 4.89. The molecule has 3 heterocycles. The van der Waals surface area contributed by atoms with Crippen molar-refractivity contribution in [2.75, 3.05) is 0 Å². The van der Waals surface area contributed by atoms with Gasteiger partial charge < -0.3 is 10.3 Å². The topological polar surface area (TPSA) is 69.7 Å². The number of aromatic nitrogens is 4. The third kappa shape index (κ3) is 5.52. The number of pyridine rings is 2. The highest BCUT2D eigenvalue weighted by molar-refractivity contribution is 5.74. The lowest BCUT2D eigenvalue weighted by molar-refractivity contribution is 0.153. The molecule has 38 heavy (non-hydrogen) atoms. The zero-order valence-electron chi connectivity index (χ0n) is 21.9. The Kier molecular flexibility index (Phi) is 7.25. The van der Waals surface area contributed by atoms with Crippen molar-refractivity contribution >= 4 is 11.0 Å². The first-order valence-electron chi connectivity index (χ1n) is 13.5. The number of hydrogen-bond donors (Lipinski definition) is 2. The molecule has 0 saturated heterocycles. The molecule has 2 aromatic carbocycles. The van der Waals surface area contributed by atoms with E-state index >= 15 is 0 Å². The first-order chi connectivity index (χ1) is 18.7. The molecule has 0 radical (unpaired) electrons. The number of aryl methyl sites for hydroxylation is 2. The summed E-state index contributed by atoms with van der Waals surface area (Å²) in [6, 6.07) is 26.0. The number of benzene rings is 2. The van der Waals surface area contributed by atoms with Crippen molar-refractivity contribution in [3.05, 3.63) is 125 Å². The van der Waals surface area contributed by atoms with Crippen LogP contribution in [0.3, 0.4) is 0 Å². The summed E-state index contributed by atoms with van der Waals surface area (Å²) in [5, 5.41) is 3.56. The van der Waals surface area contributed by atoms with E-state index in [0.717, 1.165) is 61.6 Å². The summed E-state index contributed by atoms with van der Waals surface area (Å²) in [5.74, 6) is 1.00. The molecule has 1 aliphatic rings. The number of nitrogens with one attached hydrogen (secondary N) is 2. The average molecular weight is 503 g/mol. The summed E-state index contributed by atoms with van der Waals surface area (Å²) in [6.07, 6.45) is 7.18. The van der Waals surface area contributed by atoms with Gasteiger partial charge in [0, 0.05) is 37.7 Å². The summed E-state index contributed by atoms with van der Waals surface area (Å²) >= 11 is 0. The van der Waals surface area contributed by atoms with Crippen molar-refractivity contribution < 1.29 is 0 Å². The minimum Gasteiger partial charge on any atom is -0.341 e. The van der Waals surface area contributed by atoms with Crippen LogP contribution >= 0.6 is 0 Å². The van der Waals surface area contributed by atoms with Gasteiger partial charge in [0.05, 0.1) is 29.3 Å². The third-order valence-electron chi connectivity index (χ3n) is 7.57. The summed E-state index contributed by atoms with van der Waals surface area (Å²) < 4.78 is 0. The Morgan fingerprint density at radius 3 is 2.55 bits per heavy atom. The second-order valence-corrected chi connectivity index (χ2v) is 10.2. The number of imidazole rings is 1. The Morgan fingerprint density at radius 1 is 0.868 bits per heavy atom. The van der Waals surface area contributed by atoms with E-state index in [1.165, 1.54) is 34.4 Å². The van der Waals surface area contributed by atoms with Gasteiger partial charge in [-0.05, 0) is 72.7 Å². The fourth-order valence-corrected chi connectivity index (χ4v) is 5.53. The minimum atomic E-state index is 0.275. The average Bonchev–Trinajstić information content (AvgIpc) is 3.37. The molecule has 6 heteroatoms. The highest BCUT2D eigenvalue weighted by Crippen LogP contribution is 2.34. The van der Waals surface area contributed by atoms with Gasteiger partial charge in [-0.15, -0.1) is 0 Å². The molecule has 1 aliphatic carbocycles. The molecule has 0 bridgehead atoms. The summed E-state index contributed by atoms with van der Waals surface area (Å²) in [4.78, 5) is 20.2. The third-order valence-corrected chi connectivity index (χ3v) is 7.57. The highest BCUT2D eigenvalue weighted by atomic mass is 15.2. The van der Waals surface area contributed by atoms with Gasteiger partial charge in [-0.1, -0.05) is 48.5 Å². The van der Waals surface area contributed by atoms with Gasteiger partial charge in [0.15, 0.2) is 0 Å². The van der Waals surface area contributed by atoms with Crippen LogP contribution in [0.4, 0.5) is 0 Å². The molecule has 1 atom stereocenters. The van der Waals surface area contributed by atoms with Crippen molar-refractivity contribution in [3.8, 4) is 0 Å². The zero-order chi connectivity index (χ0) is 25.7. The van der Waals surface area contributed by atoms with Gasteiger partial charge in [0.25, 0.3) is 0 Å². The normalized spacial score (nSPS) is 15.2. The summed E-state index contributed by atoms with van der Waals surface area (Å²) in [5.41, 5.74) is 9.61. The van der Waals surface area contributed by atoms with Crippen LogP contribution < -0.4 is 5.32 Å². The van der Waals surface area contributed by atoms with Crippen molar-refractivity contribution in [3.63, 3.8) is 0 Å². The van der Waals surface area contributed by atoms with Crippen LogP contribution in [0.15, 0.2) is 85.2 Å². The van der Waals surface area contributed by atoms with Crippen molar-refractivity contribution in [1.29, 1.82) is 0 Å². The standard InChI is InChI=1S/C32H34N6/c1-23-27(9-6-17-34-23)20-33-19-24-13-15-25(16-14-24)21-38(22-31-36-28-10-2-3-11-29(28)37-31)30-12-4-7-26-8-5-18-35-32(26)30/h2-3,5-6,8-11,13-18,30,33H,4,7,12,19-22H2,1H3,(H,36,37). The smallest absolute Gasteiger partial charge is 0.121 e.